The molecule has 0 aliphatic heterocycles. The monoisotopic (exact) mass is 257 g/mol. The molecule has 19 heavy (non-hydrogen) atoms. The maximum atomic E-state index is 13.4. The van der Waals surface area contributed by atoms with Gasteiger partial charge in [0.05, 0.1) is 6.04 Å². The van der Waals surface area contributed by atoms with E-state index in [2.05, 4.69) is 26.0 Å². The van der Waals surface area contributed by atoms with E-state index in [4.69, 9.17) is 5.73 Å². The standard InChI is InChI=1S/C17H20FN/c1-10-6-5-7-11(2)15(10)17(19)16-12(3)8-14(18)9-13(16)4/h5-9,17H,19H2,1-4H3. The van der Waals surface area contributed by atoms with E-state index in [1.807, 2.05) is 19.9 Å². The summed E-state index contributed by atoms with van der Waals surface area (Å²) in [6.45, 7) is 7.96. The molecule has 0 fully saturated rings. The quantitative estimate of drug-likeness (QED) is 0.861. The Morgan fingerprint density at radius 1 is 0.842 bits per heavy atom. The highest BCUT2D eigenvalue weighted by molar-refractivity contribution is 5.46. The lowest BCUT2D eigenvalue weighted by Gasteiger charge is -2.22. The Kier molecular flexibility index (Phi) is 3.72. The van der Waals surface area contributed by atoms with E-state index in [0.29, 0.717) is 0 Å². The van der Waals surface area contributed by atoms with Gasteiger partial charge >= 0.3 is 0 Å². The van der Waals surface area contributed by atoms with Crippen LogP contribution in [0.5, 0.6) is 0 Å². The van der Waals surface area contributed by atoms with Crippen LogP contribution in [0.15, 0.2) is 30.3 Å². The van der Waals surface area contributed by atoms with Crippen LogP contribution < -0.4 is 5.73 Å². The Bertz CT molecular complexity index is 573. The van der Waals surface area contributed by atoms with Gasteiger partial charge in [-0.2, -0.15) is 0 Å². The minimum absolute atomic E-state index is 0.201. The van der Waals surface area contributed by atoms with Crippen molar-refractivity contribution in [2.24, 2.45) is 5.73 Å². The van der Waals surface area contributed by atoms with Crippen molar-refractivity contribution in [2.75, 3.05) is 0 Å². The molecular formula is C17H20FN. The second-order valence-electron chi connectivity index (χ2n) is 5.24. The molecule has 100 valence electrons. The molecule has 0 saturated heterocycles. The normalized spacial score (nSPS) is 12.5. The van der Waals surface area contributed by atoms with Crippen molar-refractivity contribution in [3.8, 4) is 0 Å². The van der Waals surface area contributed by atoms with Crippen molar-refractivity contribution < 1.29 is 4.39 Å². The van der Waals surface area contributed by atoms with Gasteiger partial charge in [-0.1, -0.05) is 18.2 Å². The summed E-state index contributed by atoms with van der Waals surface area (Å²) in [7, 11) is 0. The molecular weight excluding hydrogens is 237 g/mol. The molecule has 0 spiro atoms. The Morgan fingerprint density at radius 3 is 1.74 bits per heavy atom. The first-order valence-corrected chi connectivity index (χ1v) is 6.50. The molecule has 0 radical (unpaired) electrons. The highest BCUT2D eigenvalue weighted by Crippen LogP contribution is 2.30. The van der Waals surface area contributed by atoms with Gasteiger partial charge in [-0.25, -0.2) is 4.39 Å². The van der Waals surface area contributed by atoms with Crippen molar-refractivity contribution in [3.05, 3.63) is 69.5 Å². The predicted molar refractivity (Wildman–Crippen MR) is 77.8 cm³/mol. The highest BCUT2D eigenvalue weighted by Gasteiger charge is 2.18. The first kappa shape index (κ1) is 13.8. The van der Waals surface area contributed by atoms with Gasteiger partial charge in [0.2, 0.25) is 0 Å². The summed E-state index contributed by atoms with van der Waals surface area (Å²) in [6.07, 6.45) is 0. The van der Waals surface area contributed by atoms with Gasteiger partial charge in [0, 0.05) is 0 Å². The zero-order chi connectivity index (χ0) is 14.2. The first-order chi connectivity index (χ1) is 8.91. The fraction of sp³-hybridized carbons (Fsp3) is 0.294. The van der Waals surface area contributed by atoms with Crippen LogP contribution in [0.2, 0.25) is 0 Å². The second-order valence-corrected chi connectivity index (χ2v) is 5.24. The molecule has 2 rings (SSSR count). The number of hydrogen-bond donors (Lipinski definition) is 1. The Morgan fingerprint density at radius 2 is 1.26 bits per heavy atom. The molecule has 0 saturated carbocycles. The van der Waals surface area contributed by atoms with Gasteiger partial charge in [-0.15, -0.1) is 0 Å². The van der Waals surface area contributed by atoms with E-state index < -0.39 is 0 Å². The van der Waals surface area contributed by atoms with Crippen molar-refractivity contribution in [1.82, 2.24) is 0 Å². The van der Waals surface area contributed by atoms with Crippen LogP contribution in [0.4, 0.5) is 4.39 Å². The third-order valence-electron chi connectivity index (χ3n) is 3.72. The molecule has 0 bridgehead atoms. The topological polar surface area (TPSA) is 26.0 Å². The molecule has 0 aliphatic rings. The van der Waals surface area contributed by atoms with Crippen LogP contribution in [0.3, 0.4) is 0 Å². The maximum Gasteiger partial charge on any atom is 0.123 e. The number of benzene rings is 2. The van der Waals surface area contributed by atoms with Crippen molar-refractivity contribution in [3.63, 3.8) is 0 Å². The molecule has 1 atom stereocenters. The third-order valence-corrected chi connectivity index (χ3v) is 3.72. The predicted octanol–water partition coefficient (Wildman–Crippen LogP) is 4.11. The molecule has 0 aromatic heterocycles. The van der Waals surface area contributed by atoms with E-state index in [1.54, 1.807) is 12.1 Å². The lowest BCUT2D eigenvalue weighted by atomic mass is 9.87. The zero-order valence-electron chi connectivity index (χ0n) is 11.9. The lowest BCUT2D eigenvalue weighted by molar-refractivity contribution is 0.623. The smallest absolute Gasteiger partial charge is 0.123 e. The van der Waals surface area contributed by atoms with Crippen LogP contribution in [0, 0.1) is 33.5 Å². The van der Waals surface area contributed by atoms with Crippen molar-refractivity contribution in [2.45, 2.75) is 33.7 Å². The average Bonchev–Trinajstić information content (AvgIpc) is 2.26. The molecule has 0 aliphatic carbocycles. The van der Waals surface area contributed by atoms with Gasteiger partial charge in [-0.05, 0) is 73.2 Å². The summed E-state index contributed by atoms with van der Waals surface area (Å²) < 4.78 is 13.4. The molecule has 0 heterocycles. The summed E-state index contributed by atoms with van der Waals surface area (Å²) in [6, 6.07) is 9.06. The molecule has 2 N–H and O–H groups in total. The van der Waals surface area contributed by atoms with E-state index in [1.165, 1.54) is 11.1 Å². The second kappa shape index (κ2) is 5.14. The minimum Gasteiger partial charge on any atom is -0.320 e. The maximum absolute atomic E-state index is 13.4. The zero-order valence-corrected chi connectivity index (χ0v) is 11.9. The fourth-order valence-electron chi connectivity index (χ4n) is 2.87. The molecule has 2 heteroatoms. The van der Waals surface area contributed by atoms with Crippen LogP contribution in [0.25, 0.3) is 0 Å². The van der Waals surface area contributed by atoms with Gasteiger partial charge < -0.3 is 5.73 Å². The number of nitrogens with two attached hydrogens (primary N) is 1. The Hall–Kier alpha value is -1.67. The third kappa shape index (κ3) is 2.54. The molecule has 2 aromatic carbocycles. The summed E-state index contributed by atoms with van der Waals surface area (Å²) in [5.74, 6) is -0.201. The van der Waals surface area contributed by atoms with Crippen LogP contribution in [0.1, 0.15) is 39.4 Å². The minimum atomic E-state index is -0.207. The number of aryl methyl sites for hydroxylation is 4. The van der Waals surface area contributed by atoms with Gasteiger partial charge in [-0.3, -0.25) is 0 Å². The summed E-state index contributed by atoms with van der Waals surface area (Å²) in [4.78, 5) is 0. The van der Waals surface area contributed by atoms with E-state index in [9.17, 15) is 4.39 Å². The Labute approximate surface area is 114 Å². The number of halogens is 1. The first-order valence-electron chi connectivity index (χ1n) is 6.50. The molecule has 1 unspecified atom stereocenters. The van der Waals surface area contributed by atoms with E-state index >= 15 is 0 Å². The number of rotatable bonds is 2. The van der Waals surface area contributed by atoms with Crippen LogP contribution in [-0.2, 0) is 0 Å². The summed E-state index contributed by atoms with van der Waals surface area (Å²) in [5.41, 5.74) is 12.8. The fourth-order valence-corrected chi connectivity index (χ4v) is 2.87. The lowest BCUT2D eigenvalue weighted by Crippen LogP contribution is -2.17. The average molecular weight is 257 g/mol. The van der Waals surface area contributed by atoms with Crippen molar-refractivity contribution >= 4 is 0 Å². The van der Waals surface area contributed by atoms with E-state index in [-0.39, 0.29) is 11.9 Å². The highest BCUT2D eigenvalue weighted by atomic mass is 19.1. The summed E-state index contributed by atoms with van der Waals surface area (Å²) in [5, 5.41) is 0. The van der Waals surface area contributed by atoms with Gasteiger partial charge in [0.25, 0.3) is 0 Å². The Balaban J connectivity index is 2.60. The number of hydrogen-bond acceptors (Lipinski definition) is 1. The van der Waals surface area contributed by atoms with Crippen molar-refractivity contribution in [1.29, 1.82) is 0 Å². The van der Waals surface area contributed by atoms with Gasteiger partial charge in [0.1, 0.15) is 5.82 Å². The molecule has 0 amide bonds. The van der Waals surface area contributed by atoms with Crippen LogP contribution in [-0.4, -0.2) is 0 Å². The molecule has 2 aromatic rings. The molecule has 1 nitrogen and oxygen atoms in total. The van der Waals surface area contributed by atoms with Crippen LogP contribution >= 0.6 is 0 Å². The van der Waals surface area contributed by atoms with E-state index in [0.717, 1.165) is 22.3 Å². The SMILES string of the molecule is Cc1cccc(C)c1C(N)c1c(C)cc(F)cc1C. The van der Waals surface area contributed by atoms with Gasteiger partial charge in [0.15, 0.2) is 0 Å². The summed E-state index contributed by atoms with van der Waals surface area (Å²) >= 11 is 0. The largest absolute Gasteiger partial charge is 0.320 e.